The Hall–Kier alpha value is -2.38. The number of aryl methyl sites for hydroxylation is 1. The highest BCUT2D eigenvalue weighted by Crippen LogP contribution is 2.31. The van der Waals surface area contributed by atoms with E-state index in [2.05, 4.69) is 5.32 Å². The number of sulfonamides is 1. The second-order valence-electron chi connectivity index (χ2n) is 6.69. The number of nitrogens with one attached hydrogen (secondary N) is 1. The Bertz CT molecular complexity index is 887. The second-order valence-corrected chi connectivity index (χ2v) is 8.50. The quantitative estimate of drug-likeness (QED) is 0.852. The summed E-state index contributed by atoms with van der Waals surface area (Å²) in [7, 11) is -3.72. The van der Waals surface area contributed by atoms with Crippen molar-refractivity contribution in [1.82, 2.24) is 0 Å². The molecule has 1 heterocycles. The third-order valence-electron chi connectivity index (χ3n) is 4.54. The summed E-state index contributed by atoms with van der Waals surface area (Å²) in [6.07, 6.45) is 1.27. The molecule has 0 atom stereocenters. The first-order valence-corrected chi connectivity index (χ1v) is 10.4. The molecule has 0 saturated carbocycles. The van der Waals surface area contributed by atoms with Crippen molar-refractivity contribution in [3.63, 3.8) is 0 Å². The van der Waals surface area contributed by atoms with E-state index in [1.165, 1.54) is 11.2 Å². The monoisotopic (exact) mass is 388 g/mol. The Balaban J connectivity index is 2.00. The van der Waals surface area contributed by atoms with Crippen molar-refractivity contribution in [1.29, 1.82) is 0 Å². The molecule has 1 saturated heterocycles. The molecule has 27 heavy (non-hydrogen) atoms. The summed E-state index contributed by atoms with van der Waals surface area (Å²) in [5.74, 6) is -0.170. The molecular weight excluding hydrogens is 364 g/mol. The molecule has 6 nitrogen and oxygen atoms in total. The van der Waals surface area contributed by atoms with Crippen LogP contribution in [-0.2, 0) is 19.6 Å². The minimum Gasteiger partial charge on any atom is -0.381 e. The number of amides is 1. The summed E-state index contributed by atoms with van der Waals surface area (Å²) in [6.45, 7) is 4.43. The summed E-state index contributed by atoms with van der Waals surface area (Å²) in [5.41, 5.74) is 2.22. The lowest BCUT2D eigenvalue weighted by Crippen LogP contribution is -2.43. The van der Waals surface area contributed by atoms with Crippen LogP contribution < -0.4 is 9.62 Å². The Morgan fingerprint density at radius 3 is 2.19 bits per heavy atom. The van der Waals surface area contributed by atoms with Gasteiger partial charge in [0.05, 0.1) is 10.6 Å². The first-order chi connectivity index (χ1) is 12.9. The molecule has 3 rings (SSSR count). The smallest absolute Gasteiger partial charge is 0.264 e. The minimum absolute atomic E-state index is 0.170. The molecule has 2 aromatic carbocycles. The average Bonchev–Trinajstić information content (AvgIpc) is 2.64. The van der Waals surface area contributed by atoms with E-state index in [1.54, 1.807) is 48.5 Å². The molecular formula is C20H24N2O4S. The first-order valence-electron chi connectivity index (χ1n) is 8.94. The van der Waals surface area contributed by atoms with Crippen molar-refractivity contribution < 1.29 is 17.9 Å². The molecule has 0 radical (unpaired) electrons. The summed E-state index contributed by atoms with van der Waals surface area (Å²) in [6, 6.07) is 13.6. The molecule has 1 aliphatic rings. The molecule has 0 bridgehead atoms. The van der Waals surface area contributed by atoms with Gasteiger partial charge in [-0.2, -0.15) is 0 Å². The SMILES string of the molecule is CC(=O)Nc1ccc(N(C2CCOCC2)S(=O)(=O)c2ccc(C)cc2)cc1. The summed E-state index contributed by atoms with van der Waals surface area (Å²) >= 11 is 0. The van der Waals surface area contributed by atoms with E-state index in [1.807, 2.05) is 6.92 Å². The molecule has 0 aliphatic carbocycles. The minimum atomic E-state index is -3.72. The number of carbonyl (C=O) groups excluding carboxylic acids is 1. The molecule has 7 heteroatoms. The number of benzene rings is 2. The van der Waals surface area contributed by atoms with E-state index >= 15 is 0 Å². The van der Waals surface area contributed by atoms with Crippen LogP contribution in [0, 0.1) is 6.92 Å². The molecule has 1 N–H and O–H groups in total. The van der Waals surface area contributed by atoms with Gasteiger partial charge in [-0.1, -0.05) is 17.7 Å². The highest BCUT2D eigenvalue weighted by atomic mass is 32.2. The lowest BCUT2D eigenvalue weighted by molar-refractivity contribution is -0.114. The van der Waals surface area contributed by atoms with E-state index in [4.69, 9.17) is 4.74 Å². The van der Waals surface area contributed by atoms with E-state index in [0.717, 1.165) is 5.56 Å². The van der Waals surface area contributed by atoms with Gasteiger partial charge >= 0.3 is 0 Å². The highest BCUT2D eigenvalue weighted by Gasteiger charge is 2.33. The van der Waals surface area contributed by atoms with E-state index in [9.17, 15) is 13.2 Å². The number of rotatable bonds is 5. The molecule has 0 spiro atoms. The third-order valence-corrected chi connectivity index (χ3v) is 6.44. The molecule has 144 valence electrons. The Kier molecular flexibility index (Phi) is 5.82. The fraction of sp³-hybridized carbons (Fsp3) is 0.350. The van der Waals surface area contributed by atoms with Gasteiger partial charge in [0.2, 0.25) is 5.91 Å². The zero-order valence-electron chi connectivity index (χ0n) is 15.5. The van der Waals surface area contributed by atoms with E-state index in [0.29, 0.717) is 37.4 Å². The van der Waals surface area contributed by atoms with Crippen LogP contribution in [0.5, 0.6) is 0 Å². The normalized spacial score (nSPS) is 15.3. The van der Waals surface area contributed by atoms with Crippen molar-refractivity contribution in [2.45, 2.75) is 37.6 Å². The van der Waals surface area contributed by atoms with Crippen molar-refractivity contribution in [3.8, 4) is 0 Å². The molecule has 0 unspecified atom stereocenters. The van der Waals surface area contributed by atoms with Gasteiger partial charge in [-0.15, -0.1) is 0 Å². The number of hydrogen-bond acceptors (Lipinski definition) is 4. The summed E-state index contributed by atoms with van der Waals surface area (Å²) in [4.78, 5) is 11.5. The Labute approximate surface area is 160 Å². The maximum Gasteiger partial charge on any atom is 0.264 e. The molecule has 1 aliphatic heterocycles. The Morgan fingerprint density at radius 1 is 1.04 bits per heavy atom. The fourth-order valence-corrected chi connectivity index (χ4v) is 4.89. The lowest BCUT2D eigenvalue weighted by Gasteiger charge is -2.35. The molecule has 1 fully saturated rings. The first kappa shape index (κ1) is 19.4. The topological polar surface area (TPSA) is 75.7 Å². The molecule has 0 aromatic heterocycles. The Morgan fingerprint density at radius 2 is 1.63 bits per heavy atom. The van der Waals surface area contributed by atoms with Crippen LogP contribution in [0.4, 0.5) is 11.4 Å². The number of anilines is 2. The van der Waals surface area contributed by atoms with Gasteiger partial charge in [0.25, 0.3) is 10.0 Å². The van der Waals surface area contributed by atoms with Gasteiger partial charge in [0, 0.05) is 31.9 Å². The van der Waals surface area contributed by atoms with Crippen molar-refractivity contribution in [3.05, 3.63) is 54.1 Å². The third kappa shape index (κ3) is 4.48. The van der Waals surface area contributed by atoms with Gasteiger partial charge in [-0.05, 0) is 56.2 Å². The van der Waals surface area contributed by atoms with Crippen molar-refractivity contribution in [2.75, 3.05) is 22.8 Å². The van der Waals surface area contributed by atoms with Crippen LogP contribution in [0.25, 0.3) is 0 Å². The highest BCUT2D eigenvalue weighted by molar-refractivity contribution is 7.92. The zero-order valence-corrected chi connectivity index (χ0v) is 16.3. The predicted octanol–water partition coefficient (Wildman–Crippen LogP) is 3.33. The second kappa shape index (κ2) is 8.10. The summed E-state index contributed by atoms with van der Waals surface area (Å²) in [5, 5.41) is 2.70. The number of hydrogen-bond donors (Lipinski definition) is 1. The predicted molar refractivity (Wildman–Crippen MR) is 105 cm³/mol. The van der Waals surface area contributed by atoms with Crippen LogP contribution >= 0.6 is 0 Å². The van der Waals surface area contributed by atoms with E-state index in [-0.39, 0.29) is 16.8 Å². The maximum absolute atomic E-state index is 13.4. The van der Waals surface area contributed by atoms with Crippen molar-refractivity contribution >= 4 is 27.3 Å². The number of ether oxygens (including phenoxy) is 1. The van der Waals surface area contributed by atoms with Gasteiger partial charge in [0.1, 0.15) is 0 Å². The average molecular weight is 388 g/mol. The fourth-order valence-electron chi connectivity index (χ4n) is 3.18. The standard InChI is InChI=1S/C20H24N2O4S/c1-15-3-9-20(10-4-15)27(24,25)22(19-11-13-26-14-12-19)18-7-5-17(6-8-18)21-16(2)23/h3-10,19H,11-14H2,1-2H3,(H,21,23). The van der Waals surface area contributed by atoms with Crippen LogP contribution in [0.3, 0.4) is 0 Å². The van der Waals surface area contributed by atoms with Crippen LogP contribution in [0.2, 0.25) is 0 Å². The lowest BCUT2D eigenvalue weighted by atomic mass is 10.1. The zero-order chi connectivity index (χ0) is 19.4. The van der Waals surface area contributed by atoms with Gasteiger partial charge in [-0.25, -0.2) is 8.42 Å². The number of carbonyl (C=O) groups is 1. The molecule has 2 aromatic rings. The molecule has 1 amide bonds. The van der Waals surface area contributed by atoms with Crippen LogP contribution in [0.1, 0.15) is 25.3 Å². The van der Waals surface area contributed by atoms with Gasteiger partial charge in [0.15, 0.2) is 0 Å². The van der Waals surface area contributed by atoms with Gasteiger partial charge in [-0.3, -0.25) is 9.10 Å². The van der Waals surface area contributed by atoms with Crippen LogP contribution in [-0.4, -0.2) is 33.6 Å². The van der Waals surface area contributed by atoms with E-state index < -0.39 is 10.0 Å². The summed E-state index contributed by atoms with van der Waals surface area (Å²) < 4.78 is 33.8. The van der Waals surface area contributed by atoms with Gasteiger partial charge < -0.3 is 10.1 Å². The largest absolute Gasteiger partial charge is 0.381 e. The van der Waals surface area contributed by atoms with Crippen LogP contribution in [0.15, 0.2) is 53.4 Å². The number of nitrogens with zero attached hydrogens (tertiary/aromatic N) is 1. The maximum atomic E-state index is 13.4. The van der Waals surface area contributed by atoms with Crippen molar-refractivity contribution in [2.24, 2.45) is 0 Å².